The van der Waals surface area contributed by atoms with Crippen molar-refractivity contribution in [2.45, 2.75) is 19.9 Å². The van der Waals surface area contributed by atoms with E-state index < -0.39 is 0 Å². The maximum absolute atomic E-state index is 13.4. The number of nitrogens with one attached hydrogen (secondary N) is 1. The van der Waals surface area contributed by atoms with E-state index in [1.165, 1.54) is 6.07 Å². The Bertz CT molecular complexity index is 658. The number of quaternary nitrogens is 1. The minimum Gasteiger partial charge on any atom is -0.333 e. The zero-order valence-corrected chi connectivity index (χ0v) is 13.3. The summed E-state index contributed by atoms with van der Waals surface area (Å²) in [6.07, 6.45) is 0. The fraction of sp³-hybridized carbons (Fsp3) is 0.235. The molecule has 5 heteroatoms. The Kier molecular flexibility index (Phi) is 5.52. The summed E-state index contributed by atoms with van der Waals surface area (Å²) in [6, 6.07) is 12.3. The van der Waals surface area contributed by atoms with Crippen molar-refractivity contribution < 1.29 is 14.5 Å². The van der Waals surface area contributed by atoms with Crippen LogP contribution in [0.4, 0.5) is 10.1 Å². The van der Waals surface area contributed by atoms with E-state index in [1.807, 2.05) is 36.5 Å². The predicted octanol–water partition coefficient (Wildman–Crippen LogP) is 3.05. The molecule has 1 atom stereocenters. The first kappa shape index (κ1) is 16.5. The minimum absolute atomic E-state index is 0.137. The largest absolute Gasteiger partial charge is 0.333 e. The minimum atomic E-state index is -0.323. The van der Waals surface area contributed by atoms with Crippen LogP contribution in [0.25, 0.3) is 0 Å². The molecule has 0 saturated heterocycles. The van der Waals surface area contributed by atoms with Crippen LogP contribution >= 0.6 is 11.6 Å². The van der Waals surface area contributed by atoms with Crippen molar-refractivity contribution in [1.29, 1.82) is 0 Å². The summed E-state index contributed by atoms with van der Waals surface area (Å²) in [4.78, 5) is 11.9. The van der Waals surface area contributed by atoms with Gasteiger partial charge >= 0.3 is 0 Å². The molecule has 0 aliphatic heterocycles. The lowest BCUT2D eigenvalue weighted by atomic mass is 10.1. The molecule has 3 N–H and O–H groups in total. The third-order valence-corrected chi connectivity index (χ3v) is 3.76. The van der Waals surface area contributed by atoms with Crippen LogP contribution in [-0.2, 0) is 4.79 Å². The molecular weight excluding hydrogens is 303 g/mol. The Morgan fingerprint density at radius 3 is 2.59 bits per heavy atom. The Morgan fingerprint density at radius 1 is 1.27 bits per heavy atom. The van der Waals surface area contributed by atoms with Gasteiger partial charge in [-0.25, -0.2) is 4.39 Å². The topological polar surface area (TPSA) is 45.7 Å². The van der Waals surface area contributed by atoms with Gasteiger partial charge in [-0.3, -0.25) is 4.79 Å². The van der Waals surface area contributed by atoms with Crippen molar-refractivity contribution in [3.8, 4) is 0 Å². The fourth-order valence-electron chi connectivity index (χ4n) is 2.07. The zero-order chi connectivity index (χ0) is 16.1. The molecule has 3 nitrogen and oxygen atoms in total. The van der Waals surface area contributed by atoms with Gasteiger partial charge in [0, 0.05) is 16.3 Å². The Labute approximate surface area is 134 Å². The van der Waals surface area contributed by atoms with Gasteiger partial charge < -0.3 is 10.6 Å². The second-order valence-corrected chi connectivity index (χ2v) is 5.73. The lowest BCUT2D eigenvalue weighted by Gasteiger charge is -2.11. The number of rotatable bonds is 5. The van der Waals surface area contributed by atoms with Crippen molar-refractivity contribution in [3.05, 3.63) is 64.4 Å². The molecule has 1 amide bonds. The van der Waals surface area contributed by atoms with Crippen LogP contribution in [0, 0.1) is 12.7 Å². The van der Waals surface area contributed by atoms with E-state index in [0.29, 0.717) is 16.3 Å². The molecule has 2 aromatic carbocycles. The normalized spacial score (nSPS) is 12.0. The molecule has 0 unspecified atom stereocenters. The summed E-state index contributed by atoms with van der Waals surface area (Å²) in [7, 11) is 0. The quantitative estimate of drug-likeness (QED) is 0.873. The highest BCUT2D eigenvalue weighted by Crippen LogP contribution is 2.14. The van der Waals surface area contributed by atoms with Crippen molar-refractivity contribution in [1.82, 2.24) is 0 Å². The molecule has 2 aromatic rings. The van der Waals surface area contributed by atoms with E-state index in [-0.39, 0.29) is 24.3 Å². The van der Waals surface area contributed by atoms with Crippen LogP contribution in [0.15, 0.2) is 42.5 Å². The lowest BCUT2D eigenvalue weighted by Crippen LogP contribution is -2.86. The second-order valence-electron chi connectivity index (χ2n) is 5.29. The van der Waals surface area contributed by atoms with Crippen molar-refractivity contribution in [3.63, 3.8) is 0 Å². The molecule has 0 fully saturated rings. The molecular formula is C17H19ClFN2O+. The number of amides is 1. The molecule has 0 bridgehead atoms. The van der Waals surface area contributed by atoms with Crippen molar-refractivity contribution in [2.75, 3.05) is 11.9 Å². The third kappa shape index (κ3) is 4.55. The molecule has 0 aromatic heterocycles. The monoisotopic (exact) mass is 321 g/mol. The molecule has 0 aliphatic carbocycles. The van der Waals surface area contributed by atoms with Gasteiger partial charge in [0.05, 0.1) is 0 Å². The number of halogens is 2. The number of anilines is 1. The van der Waals surface area contributed by atoms with Gasteiger partial charge in [-0.1, -0.05) is 29.8 Å². The lowest BCUT2D eigenvalue weighted by molar-refractivity contribution is -0.682. The third-order valence-electron chi connectivity index (χ3n) is 3.51. The first-order chi connectivity index (χ1) is 10.5. The first-order valence-corrected chi connectivity index (χ1v) is 7.48. The number of benzene rings is 2. The molecule has 116 valence electrons. The van der Waals surface area contributed by atoms with Crippen molar-refractivity contribution in [2.24, 2.45) is 0 Å². The van der Waals surface area contributed by atoms with E-state index in [9.17, 15) is 9.18 Å². The van der Waals surface area contributed by atoms with Crippen LogP contribution in [0.2, 0.25) is 5.02 Å². The van der Waals surface area contributed by atoms with Crippen molar-refractivity contribution >= 4 is 23.2 Å². The van der Waals surface area contributed by atoms with Gasteiger partial charge in [0.2, 0.25) is 0 Å². The number of carbonyl (C=O) groups excluding carboxylic acids is 1. The molecule has 0 radical (unpaired) electrons. The smallest absolute Gasteiger partial charge is 0.279 e. The summed E-state index contributed by atoms with van der Waals surface area (Å²) < 4.78 is 13.4. The summed E-state index contributed by atoms with van der Waals surface area (Å²) in [5.74, 6) is -0.486. The summed E-state index contributed by atoms with van der Waals surface area (Å²) in [5, 5.41) is 5.30. The van der Waals surface area contributed by atoms with Crippen LogP contribution in [0.3, 0.4) is 0 Å². The Hall–Kier alpha value is -1.91. The standard InChI is InChI=1S/C17H18ClFN2O/c1-11-3-8-15(9-16(11)19)21-17(22)10-20-12(2)13-4-6-14(18)7-5-13/h3-9,12,20H,10H2,1-2H3,(H,21,22)/p+1/t12-/m1/s1. The zero-order valence-electron chi connectivity index (χ0n) is 12.6. The molecule has 0 spiro atoms. The van der Waals surface area contributed by atoms with Crippen LogP contribution in [0.1, 0.15) is 24.1 Å². The van der Waals surface area contributed by atoms with E-state index in [2.05, 4.69) is 5.32 Å². The van der Waals surface area contributed by atoms with E-state index in [1.54, 1.807) is 19.1 Å². The van der Waals surface area contributed by atoms with Gasteiger partial charge in [0.25, 0.3) is 5.91 Å². The summed E-state index contributed by atoms with van der Waals surface area (Å²) in [6.45, 7) is 3.96. The highest BCUT2D eigenvalue weighted by atomic mass is 35.5. The van der Waals surface area contributed by atoms with E-state index in [4.69, 9.17) is 11.6 Å². The van der Waals surface area contributed by atoms with Gasteiger partial charge in [0.1, 0.15) is 11.9 Å². The number of carbonyl (C=O) groups is 1. The average molecular weight is 322 g/mol. The Morgan fingerprint density at radius 2 is 1.95 bits per heavy atom. The second kappa shape index (κ2) is 7.38. The van der Waals surface area contributed by atoms with Gasteiger partial charge in [-0.05, 0) is 43.7 Å². The molecule has 0 heterocycles. The predicted molar refractivity (Wildman–Crippen MR) is 86.4 cm³/mol. The van der Waals surface area contributed by atoms with Crippen LogP contribution < -0.4 is 10.6 Å². The molecule has 0 saturated carbocycles. The van der Waals surface area contributed by atoms with Gasteiger partial charge in [-0.15, -0.1) is 0 Å². The summed E-state index contributed by atoms with van der Waals surface area (Å²) in [5.41, 5.74) is 2.13. The van der Waals surface area contributed by atoms with Gasteiger partial charge in [0.15, 0.2) is 6.54 Å². The highest BCUT2D eigenvalue weighted by Gasteiger charge is 2.12. The maximum Gasteiger partial charge on any atom is 0.279 e. The number of nitrogens with two attached hydrogens (primary N) is 1. The van der Waals surface area contributed by atoms with E-state index in [0.717, 1.165) is 5.56 Å². The fourth-order valence-corrected chi connectivity index (χ4v) is 2.19. The highest BCUT2D eigenvalue weighted by molar-refractivity contribution is 6.30. The van der Waals surface area contributed by atoms with Gasteiger partial charge in [-0.2, -0.15) is 0 Å². The number of aryl methyl sites for hydroxylation is 1. The molecule has 22 heavy (non-hydrogen) atoms. The average Bonchev–Trinajstić information content (AvgIpc) is 2.49. The first-order valence-electron chi connectivity index (χ1n) is 7.10. The molecule has 2 rings (SSSR count). The molecule has 0 aliphatic rings. The number of hydrogen-bond donors (Lipinski definition) is 2. The summed E-state index contributed by atoms with van der Waals surface area (Å²) >= 11 is 5.85. The van der Waals surface area contributed by atoms with E-state index >= 15 is 0 Å². The maximum atomic E-state index is 13.4. The number of hydrogen-bond acceptors (Lipinski definition) is 1. The van der Waals surface area contributed by atoms with Crippen LogP contribution in [0.5, 0.6) is 0 Å². The Balaban J connectivity index is 1.86. The SMILES string of the molecule is Cc1ccc(NC(=O)C[NH2+][C@H](C)c2ccc(Cl)cc2)cc1F. The van der Waals surface area contributed by atoms with Crippen LogP contribution in [-0.4, -0.2) is 12.5 Å².